The van der Waals surface area contributed by atoms with Gasteiger partial charge in [-0.05, 0) is 11.0 Å². The zero-order chi connectivity index (χ0) is 17.7. The summed E-state index contributed by atoms with van der Waals surface area (Å²) in [6.07, 6.45) is -11.7. The Morgan fingerprint density at radius 1 is 1.00 bits per heavy atom. The average Bonchev–Trinajstić information content (AvgIpc) is 2.75. The molecule has 1 atom stereocenters. The minimum Gasteiger partial charge on any atom is -0.369 e. The van der Waals surface area contributed by atoms with Gasteiger partial charge in [-0.1, -0.05) is 38.1 Å². The van der Waals surface area contributed by atoms with E-state index >= 15 is 0 Å². The van der Waals surface area contributed by atoms with Crippen LogP contribution in [0.5, 0.6) is 0 Å². The summed E-state index contributed by atoms with van der Waals surface area (Å²) in [6.45, 7) is 5.23. The molecule has 0 radical (unpaired) electrons. The van der Waals surface area contributed by atoms with Gasteiger partial charge in [0, 0.05) is 24.6 Å². The Morgan fingerprint density at radius 3 is 1.83 bits per heavy atom. The predicted molar refractivity (Wildman–Crippen MR) is 71.8 cm³/mol. The Labute approximate surface area is 129 Å². The number of rotatable bonds is 2. The van der Waals surface area contributed by atoms with Gasteiger partial charge in [0.2, 0.25) is 0 Å². The van der Waals surface area contributed by atoms with Gasteiger partial charge in [0.25, 0.3) is 5.60 Å². The molecule has 1 aromatic carbocycles. The fourth-order valence-electron chi connectivity index (χ4n) is 2.95. The number of hydrogen-bond acceptors (Lipinski definition) is 2. The van der Waals surface area contributed by atoms with Crippen LogP contribution in [0.2, 0.25) is 0 Å². The number of benzene rings is 1. The Bertz CT molecular complexity index is 547. The smallest absolute Gasteiger partial charge is 0.369 e. The molecule has 1 heterocycles. The highest BCUT2D eigenvalue weighted by atomic mass is 19.4. The van der Waals surface area contributed by atoms with Gasteiger partial charge in [-0.3, -0.25) is 0 Å². The summed E-state index contributed by atoms with van der Waals surface area (Å²) < 4.78 is 77.0. The lowest BCUT2D eigenvalue weighted by Gasteiger charge is -2.33. The van der Waals surface area contributed by atoms with E-state index in [1.807, 2.05) is 13.8 Å². The predicted octanol–water partition coefficient (Wildman–Crippen LogP) is 3.71. The molecule has 8 heteroatoms. The molecule has 0 unspecified atom stereocenters. The van der Waals surface area contributed by atoms with Crippen molar-refractivity contribution in [2.75, 3.05) is 13.1 Å². The molecule has 1 saturated heterocycles. The molecule has 1 fully saturated rings. The first kappa shape index (κ1) is 18.1. The fraction of sp³-hybridized carbons (Fsp3) is 0.600. The standard InChI is InChI=1S/C15H17F6NO/c1-12(2)8-22-7-11(12)9-3-5-10(6-4-9)13(23,14(16,17)18)15(19,20)21/h3-6,11,22-23H,7-8H2,1-2H3/t11-/m1/s1. The number of aliphatic hydroxyl groups is 1. The van der Waals surface area contributed by atoms with Gasteiger partial charge in [0.15, 0.2) is 0 Å². The summed E-state index contributed by atoms with van der Waals surface area (Å²) in [5, 5.41) is 12.5. The van der Waals surface area contributed by atoms with E-state index in [0.29, 0.717) is 30.8 Å². The van der Waals surface area contributed by atoms with Crippen LogP contribution in [0, 0.1) is 5.41 Å². The van der Waals surface area contributed by atoms with Gasteiger partial charge in [0.1, 0.15) is 0 Å². The Hall–Kier alpha value is -1.28. The monoisotopic (exact) mass is 341 g/mol. The van der Waals surface area contributed by atoms with Gasteiger partial charge in [0.05, 0.1) is 0 Å². The quantitative estimate of drug-likeness (QED) is 0.804. The van der Waals surface area contributed by atoms with Gasteiger partial charge in [-0.2, -0.15) is 26.3 Å². The SMILES string of the molecule is CC1(C)CNC[C@@H]1c1ccc(C(O)(C(F)(F)F)C(F)(F)F)cc1. The van der Waals surface area contributed by atoms with Crippen LogP contribution in [0.25, 0.3) is 0 Å². The highest BCUT2D eigenvalue weighted by Gasteiger charge is 2.71. The second-order valence-corrected chi connectivity index (χ2v) is 6.50. The number of nitrogens with one attached hydrogen (secondary N) is 1. The van der Waals surface area contributed by atoms with E-state index in [9.17, 15) is 31.4 Å². The third-order valence-corrected chi connectivity index (χ3v) is 4.42. The van der Waals surface area contributed by atoms with E-state index in [-0.39, 0.29) is 11.3 Å². The highest BCUT2D eigenvalue weighted by Crippen LogP contribution is 2.50. The molecule has 2 nitrogen and oxygen atoms in total. The van der Waals surface area contributed by atoms with Crippen molar-refractivity contribution in [3.05, 3.63) is 35.4 Å². The van der Waals surface area contributed by atoms with Crippen molar-refractivity contribution >= 4 is 0 Å². The normalized spacial score (nSPS) is 22.4. The Morgan fingerprint density at radius 2 is 1.48 bits per heavy atom. The summed E-state index contributed by atoms with van der Waals surface area (Å²) in [5.41, 5.74) is -5.63. The first-order chi connectivity index (χ1) is 10.3. The first-order valence-corrected chi connectivity index (χ1v) is 6.98. The van der Waals surface area contributed by atoms with E-state index in [2.05, 4.69) is 5.32 Å². The molecule has 0 saturated carbocycles. The largest absolute Gasteiger partial charge is 0.430 e. The molecule has 0 amide bonds. The van der Waals surface area contributed by atoms with Crippen molar-refractivity contribution in [1.29, 1.82) is 0 Å². The van der Waals surface area contributed by atoms with Gasteiger partial charge >= 0.3 is 12.4 Å². The molecular formula is C15H17F6NO. The van der Waals surface area contributed by atoms with Crippen molar-refractivity contribution in [3.63, 3.8) is 0 Å². The lowest BCUT2D eigenvalue weighted by atomic mass is 9.77. The first-order valence-electron chi connectivity index (χ1n) is 6.98. The van der Waals surface area contributed by atoms with E-state index < -0.39 is 23.5 Å². The molecule has 0 spiro atoms. The molecule has 130 valence electrons. The maximum atomic E-state index is 12.8. The zero-order valence-electron chi connectivity index (χ0n) is 12.5. The number of halogens is 6. The Kier molecular flexibility index (Phi) is 4.22. The summed E-state index contributed by atoms with van der Waals surface area (Å²) in [7, 11) is 0. The minimum absolute atomic E-state index is 0.0265. The molecule has 1 aliphatic heterocycles. The molecule has 0 bridgehead atoms. The molecule has 2 N–H and O–H groups in total. The van der Waals surface area contributed by atoms with Crippen molar-refractivity contribution < 1.29 is 31.4 Å². The van der Waals surface area contributed by atoms with Crippen LogP contribution in [0.15, 0.2) is 24.3 Å². The second kappa shape index (κ2) is 5.37. The van der Waals surface area contributed by atoms with E-state index in [1.165, 1.54) is 12.1 Å². The highest BCUT2D eigenvalue weighted by molar-refractivity contribution is 5.33. The molecule has 0 aromatic heterocycles. The van der Waals surface area contributed by atoms with Crippen LogP contribution in [0.3, 0.4) is 0 Å². The topological polar surface area (TPSA) is 32.3 Å². The average molecular weight is 341 g/mol. The molecule has 1 aliphatic rings. The van der Waals surface area contributed by atoms with Crippen molar-refractivity contribution in [2.45, 2.75) is 37.7 Å². The number of alkyl halides is 6. The van der Waals surface area contributed by atoms with E-state index in [0.717, 1.165) is 0 Å². The van der Waals surface area contributed by atoms with Crippen molar-refractivity contribution in [2.24, 2.45) is 5.41 Å². The van der Waals surface area contributed by atoms with Gasteiger partial charge in [-0.15, -0.1) is 0 Å². The maximum Gasteiger partial charge on any atom is 0.430 e. The van der Waals surface area contributed by atoms with Crippen molar-refractivity contribution in [1.82, 2.24) is 5.32 Å². The summed E-state index contributed by atoms with van der Waals surface area (Å²) in [5.74, 6) is -0.0265. The summed E-state index contributed by atoms with van der Waals surface area (Å²) >= 11 is 0. The number of hydrogen-bond donors (Lipinski definition) is 2. The summed E-state index contributed by atoms with van der Waals surface area (Å²) in [4.78, 5) is 0. The lowest BCUT2D eigenvalue weighted by molar-refractivity contribution is -0.376. The molecule has 23 heavy (non-hydrogen) atoms. The molecular weight excluding hydrogens is 324 g/mol. The summed E-state index contributed by atoms with van der Waals surface area (Å²) in [6, 6.07) is 3.84. The Balaban J connectivity index is 2.42. The zero-order valence-corrected chi connectivity index (χ0v) is 12.5. The molecule has 0 aliphatic carbocycles. The van der Waals surface area contributed by atoms with E-state index in [4.69, 9.17) is 0 Å². The van der Waals surface area contributed by atoms with Crippen LogP contribution in [-0.4, -0.2) is 30.5 Å². The van der Waals surface area contributed by atoms with Crippen LogP contribution >= 0.6 is 0 Å². The van der Waals surface area contributed by atoms with Gasteiger partial charge in [-0.25, -0.2) is 0 Å². The van der Waals surface area contributed by atoms with Crippen LogP contribution in [0.1, 0.15) is 30.9 Å². The van der Waals surface area contributed by atoms with Crippen LogP contribution in [-0.2, 0) is 5.60 Å². The third kappa shape index (κ3) is 2.94. The van der Waals surface area contributed by atoms with Gasteiger partial charge < -0.3 is 10.4 Å². The second-order valence-electron chi connectivity index (χ2n) is 6.50. The lowest BCUT2D eigenvalue weighted by Crippen LogP contribution is -2.53. The third-order valence-electron chi connectivity index (χ3n) is 4.42. The maximum absolute atomic E-state index is 12.8. The molecule has 1 aromatic rings. The minimum atomic E-state index is -5.86. The van der Waals surface area contributed by atoms with E-state index in [1.54, 1.807) is 0 Å². The fourth-order valence-corrected chi connectivity index (χ4v) is 2.95. The molecule has 2 rings (SSSR count). The van der Waals surface area contributed by atoms with Crippen LogP contribution < -0.4 is 5.32 Å². The van der Waals surface area contributed by atoms with Crippen molar-refractivity contribution in [3.8, 4) is 0 Å². The van der Waals surface area contributed by atoms with Crippen LogP contribution in [0.4, 0.5) is 26.3 Å².